The van der Waals surface area contributed by atoms with Crippen LogP contribution in [0.1, 0.15) is 35.8 Å². The molecule has 4 rings (SSSR count). The van der Waals surface area contributed by atoms with Crippen molar-refractivity contribution in [2.24, 2.45) is 0 Å². The monoisotopic (exact) mass is 393 g/mol. The molecule has 0 aliphatic carbocycles. The number of nitrogens with zero attached hydrogens (tertiary/aromatic N) is 4. The SMILES string of the molecule is COC1(C)CCN(C(=O)c2cc(-c3ccc(C)cn3)n(C3=CC=CNC3)n2)CC1. The smallest absolute Gasteiger partial charge is 0.274 e. The fourth-order valence-corrected chi connectivity index (χ4v) is 3.65. The molecule has 2 aliphatic heterocycles. The first-order valence-corrected chi connectivity index (χ1v) is 9.96. The van der Waals surface area contributed by atoms with Gasteiger partial charge in [-0.25, -0.2) is 4.68 Å². The molecule has 2 aromatic rings. The van der Waals surface area contributed by atoms with E-state index in [-0.39, 0.29) is 11.5 Å². The third-order valence-electron chi connectivity index (χ3n) is 5.76. The highest BCUT2D eigenvalue weighted by Gasteiger charge is 2.33. The van der Waals surface area contributed by atoms with Crippen molar-refractivity contribution in [3.63, 3.8) is 0 Å². The molecule has 1 saturated heterocycles. The number of methoxy groups -OCH3 is 1. The number of piperidine rings is 1. The summed E-state index contributed by atoms with van der Waals surface area (Å²) in [5.41, 5.74) is 3.96. The molecule has 0 saturated carbocycles. The van der Waals surface area contributed by atoms with Crippen LogP contribution in [0, 0.1) is 6.92 Å². The van der Waals surface area contributed by atoms with Crippen molar-refractivity contribution >= 4 is 11.6 Å². The molecule has 0 radical (unpaired) electrons. The number of pyridine rings is 1. The molecule has 1 amide bonds. The molecular formula is C22H27N5O2. The van der Waals surface area contributed by atoms with E-state index in [0.29, 0.717) is 25.3 Å². The fraction of sp³-hybridized carbons (Fsp3) is 0.409. The topological polar surface area (TPSA) is 72.3 Å². The summed E-state index contributed by atoms with van der Waals surface area (Å²) in [6.07, 6.45) is 9.30. The van der Waals surface area contributed by atoms with Gasteiger partial charge in [0.2, 0.25) is 0 Å². The summed E-state index contributed by atoms with van der Waals surface area (Å²) in [7, 11) is 1.74. The van der Waals surface area contributed by atoms with Crippen LogP contribution in [0.3, 0.4) is 0 Å². The lowest BCUT2D eigenvalue weighted by Gasteiger charge is -2.38. The number of allylic oxidation sites excluding steroid dienone is 2. The van der Waals surface area contributed by atoms with E-state index in [4.69, 9.17) is 4.74 Å². The van der Waals surface area contributed by atoms with Gasteiger partial charge in [-0.1, -0.05) is 6.07 Å². The Hall–Kier alpha value is -2.93. The molecule has 2 aromatic heterocycles. The van der Waals surface area contributed by atoms with Crippen LogP contribution < -0.4 is 5.32 Å². The summed E-state index contributed by atoms with van der Waals surface area (Å²) in [6.45, 7) is 6.08. The van der Waals surface area contributed by atoms with E-state index in [1.807, 2.05) is 59.3 Å². The molecule has 0 unspecified atom stereocenters. The lowest BCUT2D eigenvalue weighted by atomic mass is 9.93. The number of rotatable bonds is 4. The van der Waals surface area contributed by atoms with E-state index in [0.717, 1.165) is 35.5 Å². The third-order valence-corrected chi connectivity index (χ3v) is 5.76. The fourth-order valence-electron chi connectivity index (χ4n) is 3.65. The zero-order valence-corrected chi connectivity index (χ0v) is 17.2. The summed E-state index contributed by atoms with van der Waals surface area (Å²) < 4.78 is 7.42. The van der Waals surface area contributed by atoms with Crippen LogP contribution in [0.2, 0.25) is 0 Å². The normalized spacial score (nSPS) is 18.3. The van der Waals surface area contributed by atoms with Crippen molar-refractivity contribution in [3.05, 3.63) is 54.0 Å². The van der Waals surface area contributed by atoms with Gasteiger partial charge in [-0.15, -0.1) is 0 Å². The minimum Gasteiger partial charge on any atom is -0.385 e. The van der Waals surface area contributed by atoms with E-state index in [1.54, 1.807) is 7.11 Å². The number of dihydropyridines is 1. The Bertz CT molecular complexity index is 950. The second kappa shape index (κ2) is 7.83. The Morgan fingerprint density at radius 3 is 2.69 bits per heavy atom. The predicted octanol–water partition coefficient (Wildman–Crippen LogP) is 2.85. The third kappa shape index (κ3) is 3.96. The molecule has 29 heavy (non-hydrogen) atoms. The van der Waals surface area contributed by atoms with Gasteiger partial charge in [0.15, 0.2) is 5.69 Å². The predicted molar refractivity (Wildman–Crippen MR) is 112 cm³/mol. The number of ether oxygens (including phenoxy) is 1. The highest BCUT2D eigenvalue weighted by Crippen LogP contribution is 2.27. The minimum absolute atomic E-state index is 0.0461. The lowest BCUT2D eigenvalue weighted by Crippen LogP contribution is -2.46. The second-order valence-electron chi connectivity index (χ2n) is 7.89. The summed E-state index contributed by atoms with van der Waals surface area (Å²) >= 11 is 0. The molecule has 7 heteroatoms. The van der Waals surface area contributed by atoms with E-state index in [9.17, 15) is 4.79 Å². The molecule has 1 fully saturated rings. The number of carbonyl (C=O) groups is 1. The zero-order chi connectivity index (χ0) is 20.4. The highest BCUT2D eigenvalue weighted by molar-refractivity contribution is 5.93. The first-order chi connectivity index (χ1) is 14.0. The maximum absolute atomic E-state index is 13.2. The number of aromatic nitrogens is 3. The highest BCUT2D eigenvalue weighted by atomic mass is 16.5. The van der Waals surface area contributed by atoms with Gasteiger partial charge in [-0.3, -0.25) is 9.78 Å². The first-order valence-electron chi connectivity index (χ1n) is 9.96. The van der Waals surface area contributed by atoms with Gasteiger partial charge in [-0.2, -0.15) is 5.10 Å². The van der Waals surface area contributed by atoms with Gasteiger partial charge in [0.05, 0.1) is 29.2 Å². The lowest BCUT2D eigenvalue weighted by molar-refractivity contribution is -0.0380. The van der Waals surface area contributed by atoms with E-state index in [1.165, 1.54) is 0 Å². The number of hydrogen-bond donors (Lipinski definition) is 1. The summed E-state index contributed by atoms with van der Waals surface area (Å²) in [4.78, 5) is 19.6. The van der Waals surface area contributed by atoms with Crippen LogP contribution in [-0.4, -0.2) is 57.9 Å². The van der Waals surface area contributed by atoms with E-state index in [2.05, 4.69) is 22.3 Å². The number of aryl methyl sites for hydroxylation is 1. The van der Waals surface area contributed by atoms with Gasteiger partial charge in [0.25, 0.3) is 5.91 Å². The number of carbonyl (C=O) groups excluding carboxylic acids is 1. The zero-order valence-electron chi connectivity index (χ0n) is 17.2. The van der Waals surface area contributed by atoms with Crippen LogP contribution in [-0.2, 0) is 4.74 Å². The standard InChI is InChI=1S/C22H27N5O2/c1-16-6-7-18(24-14-16)20-13-19(25-27(20)17-5-4-10-23-15-17)21(28)26-11-8-22(2,29-3)9-12-26/h4-7,10,13-14,23H,8-9,11-12,15H2,1-3H3. The van der Waals surface area contributed by atoms with Crippen LogP contribution in [0.15, 0.2) is 42.7 Å². The van der Waals surface area contributed by atoms with Gasteiger partial charge < -0.3 is 15.0 Å². The second-order valence-corrected chi connectivity index (χ2v) is 7.89. The average molecular weight is 393 g/mol. The van der Waals surface area contributed by atoms with Crippen LogP contribution in [0.25, 0.3) is 17.1 Å². The summed E-state index contributed by atoms with van der Waals surface area (Å²) in [5.74, 6) is -0.0461. The quantitative estimate of drug-likeness (QED) is 0.865. The Labute approximate surface area is 171 Å². The maximum atomic E-state index is 13.2. The Balaban J connectivity index is 1.66. The molecule has 0 aromatic carbocycles. The number of nitrogens with one attached hydrogen (secondary N) is 1. The summed E-state index contributed by atoms with van der Waals surface area (Å²) in [5, 5.41) is 7.88. The van der Waals surface area contributed by atoms with Crippen molar-refractivity contribution in [3.8, 4) is 11.4 Å². The Morgan fingerprint density at radius 1 is 1.28 bits per heavy atom. The number of hydrogen-bond acceptors (Lipinski definition) is 5. The minimum atomic E-state index is -0.155. The van der Waals surface area contributed by atoms with Gasteiger partial charge in [0, 0.05) is 26.4 Å². The summed E-state index contributed by atoms with van der Waals surface area (Å²) in [6, 6.07) is 5.84. The van der Waals surface area contributed by atoms with Gasteiger partial charge in [0.1, 0.15) is 0 Å². The van der Waals surface area contributed by atoms with Crippen LogP contribution in [0.5, 0.6) is 0 Å². The molecule has 0 atom stereocenters. The van der Waals surface area contributed by atoms with Crippen LogP contribution >= 0.6 is 0 Å². The molecule has 1 N–H and O–H groups in total. The van der Waals surface area contributed by atoms with Crippen molar-refractivity contribution in [1.29, 1.82) is 0 Å². The molecule has 0 bridgehead atoms. The largest absolute Gasteiger partial charge is 0.385 e. The molecule has 0 spiro atoms. The van der Waals surface area contributed by atoms with Gasteiger partial charge >= 0.3 is 0 Å². The Morgan fingerprint density at radius 2 is 2.07 bits per heavy atom. The van der Waals surface area contributed by atoms with Crippen LogP contribution in [0.4, 0.5) is 0 Å². The van der Waals surface area contributed by atoms with E-state index >= 15 is 0 Å². The molecule has 2 aliphatic rings. The van der Waals surface area contributed by atoms with Crippen molar-refractivity contribution < 1.29 is 9.53 Å². The number of likely N-dealkylation sites (tertiary alicyclic amines) is 1. The van der Waals surface area contributed by atoms with Crippen molar-refractivity contribution in [1.82, 2.24) is 25.0 Å². The number of amides is 1. The first kappa shape index (κ1) is 19.4. The van der Waals surface area contributed by atoms with Crippen molar-refractivity contribution in [2.75, 3.05) is 26.7 Å². The van der Waals surface area contributed by atoms with Crippen molar-refractivity contribution in [2.45, 2.75) is 32.3 Å². The molecule has 4 heterocycles. The maximum Gasteiger partial charge on any atom is 0.274 e. The van der Waals surface area contributed by atoms with E-state index < -0.39 is 0 Å². The molecule has 152 valence electrons. The molecular weight excluding hydrogens is 366 g/mol. The molecule has 7 nitrogen and oxygen atoms in total. The average Bonchev–Trinajstić information content (AvgIpc) is 3.20. The van der Waals surface area contributed by atoms with Gasteiger partial charge in [-0.05, 0) is 62.7 Å². The Kier molecular flexibility index (Phi) is 5.24.